The highest BCUT2D eigenvalue weighted by Gasteiger charge is 2.22. The van der Waals surface area contributed by atoms with E-state index in [2.05, 4.69) is 10.8 Å². The first-order chi connectivity index (χ1) is 11.3. The number of hydroxylamine groups is 1. The van der Waals surface area contributed by atoms with Crippen molar-refractivity contribution in [1.82, 2.24) is 10.8 Å². The lowest BCUT2D eigenvalue weighted by atomic mass is 10.1. The topological polar surface area (TPSA) is 84.5 Å². The Morgan fingerprint density at radius 3 is 2.21 bits per heavy atom. The average molecular weight is 334 g/mol. The van der Waals surface area contributed by atoms with E-state index in [9.17, 15) is 14.4 Å². The molecule has 0 aliphatic carbocycles. The minimum Gasteiger partial charge on any atom is -0.354 e. The number of hydrogen-bond donors (Lipinski definition) is 2. The maximum atomic E-state index is 12.2. The molecule has 0 heterocycles. The van der Waals surface area contributed by atoms with E-state index in [1.54, 1.807) is 12.1 Å². The van der Waals surface area contributed by atoms with Crippen LogP contribution in [0.15, 0.2) is 24.3 Å². The predicted molar refractivity (Wildman–Crippen MR) is 91.5 cm³/mol. The van der Waals surface area contributed by atoms with Gasteiger partial charge < -0.3 is 5.32 Å². The van der Waals surface area contributed by atoms with Crippen molar-refractivity contribution in [1.29, 1.82) is 0 Å². The minimum atomic E-state index is -0.748. The standard InChI is InChI=1S/C18H26N2O4/c1-12(2)9-16(18(23)19-10-13(3)4)24-20-17(22)15-7-5-14(11-21)6-8-15/h5-8,11-13,16H,9-10H2,1-4H3,(H,19,23)(H,20,22). The van der Waals surface area contributed by atoms with Gasteiger partial charge in [-0.15, -0.1) is 0 Å². The molecule has 6 heteroatoms. The fourth-order valence-corrected chi connectivity index (χ4v) is 1.95. The van der Waals surface area contributed by atoms with Gasteiger partial charge in [-0.25, -0.2) is 5.48 Å². The van der Waals surface area contributed by atoms with Crippen molar-refractivity contribution in [3.8, 4) is 0 Å². The van der Waals surface area contributed by atoms with Crippen molar-refractivity contribution in [2.45, 2.75) is 40.2 Å². The number of hydrogen-bond acceptors (Lipinski definition) is 4. The Balaban J connectivity index is 2.63. The molecule has 1 aromatic carbocycles. The molecule has 0 bridgehead atoms. The van der Waals surface area contributed by atoms with Gasteiger partial charge in [0.05, 0.1) is 0 Å². The summed E-state index contributed by atoms with van der Waals surface area (Å²) >= 11 is 0. The largest absolute Gasteiger partial charge is 0.354 e. The summed E-state index contributed by atoms with van der Waals surface area (Å²) in [5, 5.41) is 2.81. The molecule has 1 atom stereocenters. The molecule has 0 aliphatic rings. The van der Waals surface area contributed by atoms with E-state index in [0.29, 0.717) is 36.3 Å². The number of carbonyl (C=O) groups is 3. The zero-order valence-electron chi connectivity index (χ0n) is 14.7. The first-order valence-electron chi connectivity index (χ1n) is 8.12. The van der Waals surface area contributed by atoms with Gasteiger partial charge in [0.25, 0.3) is 11.8 Å². The second kappa shape index (κ2) is 9.82. The monoisotopic (exact) mass is 334 g/mol. The molecule has 0 fully saturated rings. The molecule has 1 aromatic rings. The van der Waals surface area contributed by atoms with Gasteiger partial charge in [-0.3, -0.25) is 19.2 Å². The van der Waals surface area contributed by atoms with E-state index >= 15 is 0 Å². The highest BCUT2D eigenvalue weighted by atomic mass is 16.7. The van der Waals surface area contributed by atoms with Crippen molar-refractivity contribution in [3.63, 3.8) is 0 Å². The average Bonchev–Trinajstić information content (AvgIpc) is 2.55. The summed E-state index contributed by atoms with van der Waals surface area (Å²) in [6, 6.07) is 6.14. The molecule has 2 N–H and O–H groups in total. The Bertz CT molecular complexity index is 553. The van der Waals surface area contributed by atoms with Crippen LogP contribution in [-0.2, 0) is 9.63 Å². The molecule has 1 rings (SSSR count). The first-order valence-corrected chi connectivity index (χ1v) is 8.12. The molecule has 24 heavy (non-hydrogen) atoms. The van der Waals surface area contributed by atoms with Crippen LogP contribution in [0.3, 0.4) is 0 Å². The van der Waals surface area contributed by atoms with Gasteiger partial charge >= 0.3 is 0 Å². The summed E-state index contributed by atoms with van der Waals surface area (Å²) < 4.78 is 0. The quantitative estimate of drug-likeness (QED) is 0.536. The second-order valence-corrected chi connectivity index (χ2v) is 6.55. The molecule has 0 aromatic heterocycles. The maximum Gasteiger partial charge on any atom is 0.274 e. The molecule has 6 nitrogen and oxygen atoms in total. The smallest absolute Gasteiger partial charge is 0.274 e. The Morgan fingerprint density at radius 2 is 1.71 bits per heavy atom. The van der Waals surface area contributed by atoms with Crippen molar-refractivity contribution in [3.05, 3.63) is 35.4 Å². The van der Waals surface area contributed by atoms with Crippen LogP contribution < -0.4 is 10.8 Å². The summed E-state index contributed by atoms with van der Waals surface area (Å²) in [6.45, 7) is 8.52. The van der Waals surface area contributed by atoms with Crippen LogP contribution in [0.2, 0.25) is 0 Å². The molecular weight excluding hydrogens is 308 g/mol. The molecule has 1 unspecified atom stereocenters. The third kappa shape index (κ3) is 6.91. The van der Waals surface area contributed by atoms with Crippen LogP contribution in [0.5, 0.6) is 0 Å². The van der Waals surface area contributed by atoms with E-state index in [0.717, 1.165) is 0 Å². The fourth-order valence-electron chi connectivity index (χ4n) is 1.95. The van der Waals surface area contributed by atoms with Crippen LogP contribution in [0.4, 0.5) is 0 Å². The van der Waals surface area contributed by atoms with Crippen LogP contribution in [0.25, 0.3) is 0 Å². The summed E-state index contributed by atoms with van der Waals surface area (Å²) in [6.07, 6.45) is 0.450. The number of rotatable bonds is 9. The van der Waals surface area contributed by atoms with Gasteiger partial charge in [0.2, 0.25) is 0 Å². The third-order valence-corrected chi connectivity index (χ3v) is 3.27. The predicted octanol–water partition coefficient (Wildman–Crippen LogP) is 2.35. The first kappa shape index (κ1) is 19.8. The Labute approximate surface area is 142 Å². The second-order valence-electron chi connectivity index (χ2n) is 6.55. The lowest BCUT2D eigenvalue weighted by molar-refractivity contribution is -0.137. The Hall–Kier alpha value is -2.21. The Kier molecular flexibility index (Phi) is 8.12. The van der Waals surface area contributed by atoms with Gasteiger partial charge in [0.15, 0.2) is 6.10 Å². The molecule has 0 radical (unpaired) electrons. The summed E-state index contributed by atoms with van der Waals surface area (Å²) in [5.74, 6) is -0.130. The van der Waals surface area contributed by atoms with E-state index in [4.69, 9.17) is 4.84 Å². The zero-order valence-corrected chi connectivity index (χ0v) is 14.7. The normalized spacial score (nSPS) is 12.1. The number of carbonyl (C=O) groups excluding carboxylic acids is 3. The number of amides is 2. The molecular formula is C18H26N2O4. The van der Waals surface area contributed by atoms with Crippen molar-refractivity contribution in [2.75, 3.05) is 6.54 Å². The van der Waals surface area contributed by atoms with Crippen LogP contribution in [0.1, 0.15) is 54.8 Å². The van der Waals surface area contributed by atoms with E-state index in [1.165, 1.54) is 12.1 Å². The van der Waals surface area contributed by atoms with E-state index in [-0.39, 0.29) is 11.8 Å². The fraction of sp³-hybridized carbons (Fsp3) is 0.500. The summed E-state index contributed by atoms with van der Waals surface area (Å²) in [4.78, 5) is 40.2. The number of nitrogens with one attached hydrogen (secondary N) is 2. The molecule has 0 saturated heterocycles. The van der Waals surface area contributed by atoms with Crippen molar-refractivity contribution in [2.24, 2.45) is 11.8 Å². The lowest BCUT2D eigenvalue weighted by Crippen LogP contribution is -2.42. The van der Waals surface area contributed by atoms with Gasteiger partial charge in [-0.05, 0) is 30.4 Å². The molecule has 132 valence electrons. The number of benzene rings is 1. The van der Waals surface area contributed by atoms with Crippen LogP contribution in [-0.4, -0.2) is 30.7 Å². The van der Waals surface area contributed by atoms with Crippen LogP contribution >= 0.6 is 0 Å². The minimum absolute atomic E-state index is 0.239. The van der Waals surface area contributed by atoms with Gasteiger partial charge in [-0.2, -0.15) is 0 Å². The maximum absolute atomic E-state index is 12.2. The van der Waals surface area contributed by atoms with Crippen molar-refractivity contribution >= 4 is 18.1 Å². The van der Waals surface area contributed by atoms with Gasteiger partial charge in [0, 0.05) is 17.7 Å². The molecule has 0 aliphatic heterocycles. The molecule has 2 amide bonds. The van der Waals surface area contributed by atoms with Gasteiger partial charge in [0.1, 0.15) is 6.29 Å². The third-order valence-electron chi connectivity index (χ3n) is 3.27. The highest BCUT2D eigenvalue weighted by Crippen LogP contribution is 2.09. The van der Waals surface area contributed by atoms with Crippen molar-refractivity contribution < 1.29 is 19.2 Å². The lowest BCUT2D eigenvalue weighted by Gasteiger charge is -2.19. The van der Waals surface area contributed by atoms with E-state index < -0.39 is 12.0 Å². The summed E-state index contributed by atoms with van der Waals surface area (Å²) in [7, 11) is 0. The zero-order chi connectivity index (χ0) is 18.1. The van der Waals surface area contributed by atoms with Gasteiger partial charge in [-0.1, -0.05) is 39.8 Å². The van der Waals surface area contributed by atoms with E-state index in [1.807, 2.05) is 27.7 Å². The Morgan fingerprint density at radius 1 is 1.08 bits per heavy atom. The molecule has 0 saturated carbocycles. The highest BCUT2D eigenvalue weighted by molar-refractivity contribution is 5.94. The molecule has 0 spiro atoms. The number of aldehydes is 1. The van der Waals surface area contributed by atoms with Crippen LogP contribution in [0, 0.1) is 11.8 Å². The summed E-state index contributed by atoms with van der Waals surface area (Å²) in [5.41, 5.74) is 3.16. The SMILES string of the molecule is CC(C)CNC(=O)C(CC(C)C)ONC(=O)c1ccc(C=O)cc1.